The zero-order chi connectivity index (χ0) is 20.9. The fourth-order valence-electron chi connectivity index (χ4n) is 2.53. The number of nitrogens with zero attached hydrogens (tertiary/aromatic N) is 4. The van der Waals surface area contributed by atoms with Gasteiger partial charge in [0.1, 0.15) is 24.6 Å². The van der Waals surface area contributed by atoms with E-state index < -0.39 is 46.8 Å². The predicted molar refractivity (Wildman–Crippen MR) is 92.3 cm³/mol. The third-order valence-electron chi connectivity index (χ3n) is 3.67. The molecule has 0 spiro atoms. The number of fused-ring (bicyclic) bond motifs is 1. The lowest BCUT2D eigenvalue weighted by atomic mass is 10.1. The number of anilines is 1. The standard InChI is InChI=1S/C10H14BrN5O10P2/c11-10-15-4-7(12)13-2-14-8(4)16(10)9-6(18)5(17)3(25-9)1-24-28(22,23)26-27(19,20)21/h2-3,5-6,9,17-18H,1H2,(H,22,23)(H2,12,13,14)(H2,19,20,21)/t3-,5-,6-,9-/m1/s1. The molecule has 1 fully saturated rings. The Morgan fingerprint density at radius 3 is 2.57 bits per heavy atom. The zero-order valence-electron chi connectivity index (χ0n) is 13.5. The number of phosphoric acid groups is 2. The summed E-state index contributed by atoms with van der Waals surface area (Å²) < 4.78 is 37.1. The lowest BCUT2D eigenvalue weighted by Gasteiger charge is -2.18. The smallest absolute Gasteiger partial charge is 0.387 e. The molecule has 2 aromatic rings. The Labute approximate surface area is 164 Å². The number of aliphatic hydroxyl groups excluding tert-OH is 2. The highest BCUT2D eigenvalue weighted by Crippen LogP contribution is 2.57. The highest BCUT2D eigenvalue weighted by atomic mass is 79.9. The highest BCUT2D eigenvalue weighted by Gasteiger charge is 2.46. The second-order valence-electron chi connectivity index (χ2n) is 5.56. The lowest BCUT2D eigenvalue weighted by molar-refractivity contribution is -0.0513. The summed E-state index contributed by atoms with van der Waals surface area (Å²) in [5, 5.41) is 20.5. The summed E-state index contributed by atoms with van der Waals surface area (Å²) in [6.45, 7) is -0.829. The van der Waals surface area contributed by atoms with E-state index in [0.717, 1.165) is 6.33 Å². The van der Waals surface area contributed by atoms with Crippen molar-refractivity contribution in [3.05, 3.63) is 11.1 Å². The van der Waals surface area contributed by atoms with Crippen molar-refractivity contribution in [1.29, 1.82) is 0 Å². The number of imidazole rings is 1. The topological polar surface area (TPSA) is 233 Å². The average Bonchev–Trinajstić information content (AvgIpc) is 3.02. The van der Waals surface area contributed by atoms with E-state index in [1.807, 2.05) is 0 Å². The van der Waals surface area contributed by atoms with Crippen molar-refractivity contribution in [2.24, 2.45) is 0 Å². The van der Waals surface area contributed by atoms with Gasteiger partial charge in [-0.2, -0.15) is 4.31 Å². The van der Waals surface area contributed by atoms with Crippen LogP contribution in [0.1, 0.15) is 6.23 Å². The Hall–Kier alpha value is -1.03. The number of nitrogen functional groups attached to an aromatic ring is 1. The van der Waals surface area contributed by atoms with E-state index >= 15 is 0 Å². The maximum Gasteiger partial charge on any atom is 0.481 e. The molecule has 0 radical (unpaired) electrons. The molecule has 2 aromatic heterocycles. The molecule has 1 saturated heterocycles. The molecule has 1 unspecified atom stereocenters. The van der Waals surface area contributed by atoms with E-state index in [2.05, 4.69) is 39.7 Å². The molecule has 0 amide bonds. The Morgan fingerprint density at radius 1 is 1.25 bits per heavy atom. The molecule has 1 aliphatic heterocycles. The first-order chi connectivity index (χ1) is 12.9. The summed E-state index contributed by atoms with van der Waals surface area (Å²) >= 11 is 3.16. The second kappa shape index (κ2) is 7.66. The quantitative estimate of drug-likeness (QED) is 0.204. The summed E-state index contributed by atoms with van der Waals surface area (Å²) in [4.78, 5) is 38.3. The highest BCUT2D eigenvalue weighted by molar-refractivity contribution is 9.10. The second-order valence-corrected chi connectivity index (χ2v) is 9.10. The van der Waals surface area contributed by atoms with E-state index in [-0.39, 0.29) is 21.7 Å². The summed E-state index contributed by atoms with van der Waals surface area (Å²) in [6.07, 6.45) is -4.59. The van der Waals surface area contributed by atoms with Crippen LogP contribution in [0.5, 0.6) is 0 Å². The Balaban J connectivity index is 1.80. The monoisotopic (exact) mass is 505 g/mol. The molecule has 0 bridgehead atoms. The first kappa shape index (κ1) is 21.7. The van der Waals surface area contributed by atoms with Gasteiger partial charge in [-0.15, -0.1) is 0 Å². The fraction of sp³-hybridized carbons (Fsp3) is 0.500. The predicted octanol–water partition coefficient (Wildman–Crippen LogP) is -0.984. The first-order valence-electron chi connectivity index (χ1n) is 7.29. The van der Waals surface area contributed by atoms with E-state index in [0.29, 0.717) is 0 Å². The minimum atomic E-state index is -5.30. The van der Waals surface area contributed by atoms with Gasteiger partial charge < -0.3 is 35.4 Å². The van der Waals surface area contributed by atoms with Crippen molar-refractivity contribution in [3.63, 3.8) is 0 Å². The van der Waals surface area contributed by atoms with Crippen LogP contribution in [0.4, 0.5) is 5.82 Å². The number of aromatic nitrogens is 4. The molecule has 156 valence electrons. The van der Waals surface area contributed by atoms with Crippen molar-refractivity contribution in [2.75, 3.05) is 12.3 Å². The van der Waals surface area contributed by atoms with Gasteiger partial charge in [-0.25, -0.2) is 24.1 Å². The number of rotatable bonds is 6. The zero-order valence-corrected chi connectivity index (χ0v) is 16.9. The molecular formula is C10H14BrN5O10P2. The largest absolute Gasteiger partial charge is 0.481 e. The van der Waals surface area contributed by atoms with Gasteiger partial charge in [0, 0.05) is 0 Å². The summed E-state index contributed by atoms with van der Waals surface area (Å²) in [5.41, 5.74) is 6.09. The van der Waals surface area contributed by atoms with E-state index in [1.54, 1.807) is 0 Å². The molecule has 7 N–H and O–H groups in total. The van der Waals surface area contributed by atoms with Crippen molar-refractivity contribution in [1.82, 2.24) is 19.5 Å². The Bertz CT molecular complexity index is 983. The maximum absolute atomic E-state index is 11.5. The van der Waals surface area contributed by atoms with Crippen molar-refractivity contribution >= 4 is 48.6 Å². The molecule has 0 aromatic carbocycles. The van der Waals surface area contributed by atoms with Gasteiger partial charge in [-0.1, -0.05) is 0 Å². The molecule has 1 aliphatic rings. The normalized spacial score (nSPS) is 27.9. The van der Waals surface area contributed by atoms with Crippen molar-refractivity contribution in [3.8, 4) is 0 Å². The molecule has 3 rings (SSSR count). The van der Waals surface area contributed by atoms with Gasteiger partial charge in [0.25, 0.3) is 0 Å². The average molecular weight is 506 g/mol. The third kappa shape index (κ3) is 4.42. The first-order valence-corrected chi connectivity index (χ1v) is 11.1. The van der Waals surface area contributed by atoms with Crippen LogP contribution >= 0.6 is 31.6 Å². The van der Waals surface area contributed by atoms with Gasteiger partial charge >= 0.3 is 15.6 Å². The third-order valence-corrected chi connectivity index (χ3v) is 6.38. The molecule has 3 heterocycles. The van der Waals surface area contributed by atoms with Crippen LogP contribution in [-0.4, -0.2) is 69.3 Å². The van der Waals surface area contributed by atoms with Crippen LogP contribution in [-0.2, 0) is 22.7 Å². The van der Waals surface area contributed by atoms with Gasteiger partial charge in [-0.05, 0) is 15.9 Å². The number of nitrogens with two attached hydrogens (primary N) is 1. The molecule has 5 atom stereocenters. The summed E-state index contributed by atoms with van der Waals surface area (Å²) in [6, 6.07) is 0. The minimum absolute atomic E-state index is 0.0631. The number of hydrogen-bond donors (Lipinski definition) is 6. The van der Waals surface area contributed by atoms with Crippen LogP contribution in [0.3, 0.4) is 0 Å². The van der Waals surface area contributed by atoms with Crippen molar-refractivity contribution in [2.45, 2.75) is 24.5 Å². The number of hydrogen-bond acceptors (Lipinski definition) is 11. The van der Waals surface area contributed by atoms with E-state index in [4.69, 9.17) is 20.3 Å². The number of aliphatic hydroxyl groups is 2. The number of halogens is 1. The van der Waals surface area contributed by atoms with Crippen LogP contribution < -0.4 is 5.73 Å². The summed E-state index contributed by atoms with van der Waals surface area (Å²) in [7, 11) is -10.5. The molecule has 15 nitrogen and oxygen atoms in total. The Kier molecular flexibility index (Phi) is 5.93. The summed E-state index contributed by atoms with van der Waals surface area (Å²) in [5.74, 6) is 0.0631. The Morgan fingerprint density at radius 2 is 1.93 bits per heavy atom. The minimum Gasteiger partial charge on any atom is -0.387 e. The molecule has 0 saturated carbocycles. The lowest BCUT2D eigenvalue weighted by Crippen LogP contribution is -2.33. The van der Waals surface area contributed by atoms with E-state index in [9.17, 15) is 24.2 Å². The fourth-order valence-corrected chi connectivity index (χ4v) is 4.68. The number of ether oxygens (including phenoxy) is 1. The van der Waals surface area contributed by atoms with Crippen LogP contribution in [0.15, 0.2) is 11.1 Å². The van der Waals surface area contributed by atoms with Crippen LogP contribution in [0.25, 0.3) is 11.2 Å². The number of phosphoric ester groups is 1. The van der Waals surface area contributed by atoms with Crippen LogP contribution in [0, 0.1) is 0 Å². The molecule has 18 heteroatoms. The molecule has 28 heavy (non-hydrogen) atoms. The SMILES string of the molecule is Nc1ncnc2c1nc(Br)n2[C@@H]1O[C@H](COP(=O)(O)OP(=O)(O)O)[C@@H](O)[C@H]1O. The van der Waals surface area contributed by atoms with Gasteiger partial charge in [0.2, 0.25) is 0 Å². The molecular weight excluding hydrogens is 492 g/mol. The van der Waals surface area contributed by atoms with Crippen molar-refractivity contribution < 1.29 is 47.6 Å². The van der Waals surface area contributed by atoms with E-state index in [1.165, 1.54) is 4.57 Å². The maximum atomic E-state index is 11.5. The van der Waals surface area contributed by atoms with Gasteiger partial charge in [0.05, 0.1) is 6.61 Å². The van der Waals surface area contributed by atoms with Gasteiger partial charge in [0.15, 0.2) is 27.9 Å². The van der Waals surface area contributed by atoms with Gasteiger partial charge in [-0.3, -0.25) is 9.09 Å². The van der Waals surface area contributed by atoms with Crippen LogP contribution in [0.2, 0.25) is 0 Å². The molecule has 0 aliphatic carbocycles.